The Morgan fingerprint density at radius 1 is 1.27 bits per heavy atom. The fourth-order valence-electron chi connectivity index (χ4n) is 1.38. The van der Waals surface area contributed by atoms with Crippen molar-refractivity contribution < 1.29 is 9.57 Å². The second-order valence-corrected chi connectivity index (χ2v) is 2.78. The zero-order valence-corrected chi connectivity index (χ0v) is 7.17. The van der Waals surface area contributed by atoms with Gasteiger partial charge in [0.25, 0.3) is 0 Å². The van der Waals surface area contributed by atoms with Crippen LogP contribution in [0.15, 0.2) is 5.16 Å². The van der Waals surface area contributed by atoms with Crippen molar-refractivity contribution in [1.29, 1.82) is 0 Å². The minimum Gasteiger partial charge on any atom is -0.399 e. The molecule has 0 aromatic carbocycles. The highest BCUT2D eigenvalue weighted by Gasteiger charge is 2.16. The Bertz CT molecular complexity index is 135. The van der Waals surface area contributed by atoms with Crippen molar-refractivity contribution in [3.05, 3.63) is 0 Å². The van der Waals surface area contributed by atoms with Gasteiger partial charge in [-0.3, -0.25) is 0 Å². The molecule has 3 nitrogen and oxygen atoms in total. The molecular formula is C8H15NO2. The molecule has 0 heterocycles. The van der Waals surface area contributed by atoms with E-state index in [-0.39, 0.29) is 0 Å². The average molecular weight is 157 g/mol. The molecule has 0 aromatic rings. The maximum atomic E-state index is 5.22. The van der Waals surface area contributed by atoms with Crippen LogP contribution < -0.4 is 0 Å². The second kappa shape index (κ2) is 4.34. The Balaban J connectivity index is 2.30. The fourth-order valence-corrected chi connectivity index (χ4v) is 1.38. The zero-order valence-electron chi connectivity index (χ0n) is 7.17. The molecule has 0 saturated heterocycles. The maximum Gasteiger partial charge on any atom is 0.106 e. The van der Waals surface area contributed by atoms with Gasteiger partial charge in [0.1, 0.15) is 7.11 Å². The van der Waals surface area contributed by atoms with Crippen molar-refractivity contribution in [2.45, 2.75) is 31.8 Å². The van der Waals surface area contributed by atoms with Crippen LogP contribution in [0.25, 0.3) is 0 Å². The predicted molar refractivity (Wildman–Crippen MR) is 43.7 cm³/mol. The van der Waals surface area contributed by atoms with Crippen molar-refractivity contribution >= 4 is 5.71 Å². The molecule has 0 radical (unpaired) electrons. The number of hydrogen-bond acceptors (Lipinski definition) is 3. The normalized spacial score (nSPS) is 24.9. The molecule has 1 rings (SSSR count). The summed E-state index contributed by atoms with van der Waals surface area (Å²) in [4.78, 5) is 4.70. The molecule has 1 aliphatic rings. The molecule has 1 aliphatic carbocycles. The number of oxime groups is 1. The summed E-state index contributed by atoms with van der Waals surface area (Å²) in [5.41, 5.74) is 1.17. The van der Waals surface area contributed by atoms with Crippen molar-refractivity contribution in [3.63, 3.8) is 0 Å². The smallest absolute Gasteiger partial charge is 0.106 e. The maximum absolute atomic E-state index is 5.22. The van der Waals surface area contributed by atoms with E-state index in [1.807, 2.05) is 0 Å². The van der Waals surface area contributed by atoms with Gasteiger partial charge in [-0.25, -0.2) is 0 Å². The molecule has 3 heteroatoms. The number of hydrogen-bond donors (Lipinski definition) is 0. The van der Waals surface area contributed by atoms with E-state index in [4.69, 9.17) is 9.57 Å². The van der Waals surface area contributed by atoms with Gasteiger partial charge < -0.3 is 9.57 Å². The Morgan fingerprint density at radius 3 is 2.36 bits per heavy atom. The van der Waals surface area contributed by atoms with Crippen LogP contribution in [0.2, 0.25) is 0 Å². The first kappa shape index (κ1) is 8.53. The lowest BCUT2D eigenvalue weighted by atomic mass is 9.96. The van der Waals surface area contributed by atoms with Gasteiger partial charge in [-0.1, -0.05) is 5.16 Å². The molecule has 0 spiro atoms. The summed E-state index contributed by atoms with van der Waals surface area (Å²) in [6.07, 6.45) is 4.64. The van der Waals surface area contributed by atoms with Crippen LogP contribution in [-0.2, 0) is 9.57 Å². The Kier molecular flexibility index (Phi) is 3.36. The molecule has 0 aliphatic heterocycles. The topological polar surface area (TPSA) is 30.8 Å². The van der Waals surface area contributed by atoms with E-state index in [9.17, 15) is 0 Å². The minimum absolute atomic E-state index is 0.436. The van der Waals surface area contributed by atoms with Gasteiger partial charge in [0.2, 0.25) is 0 Å². The molecular weight excluding hydrogens is 142 g/mol. The zero-order chi connectivity index (χ0) is 8.10. The monoisotopic (exact) mass is 157 g/mol. The second-order valence-electron chi connectivity index (χ2n) is 2.78. The molecule has 0 atom stereocenters. The van der Waals surface area contributed by atoms with Gasteiger partial charge >= 0.3 is 0 Å². The van der Waals surface area contributed by atoms with E-state index in [0.717, 1.165) is 25.7 Å². The molecule has 0 unspecified atom stereocenters. The van der Waals surface area contributed by atoms with Crippen LogP contribution in [0, 0.1) is 0 Å². The van der Waals surface area contributed by atoms with E-state index in [1.165, 1.54) is 5.71 Å². The number of ether oxygens (including phenoxy) is 1. The van der Waals surface area contributed by atoms with Crippen LogP contribution in [0.3, 0.4) is 0 Å². The number of nitrogens with zero attached hydrogens (tertiary/aromatic N) is 1. The quantitative estimate of drug-likeness (QED) is 0.570. The first-order valence-corrected chi connectivity index (χ1v) is 3.98. The summed E-state index contributed by atoms with van der Waals surface area (Å²) in [6, 6.07) is 0. The molecule has 0 N–H and O–H groups in total. The molecule has 1 fully saturated rings. The van der Waals surface area contributed by atoms with Crippen molar-refractivity contribution in [2.75, 3.05) is 14.2 Å². The van der Waals surface area contributed by atoms with Crippen LogP contribution >= 0.6 is 0 Å². The lowest BCUT2D eigenvalue weighted by molar-refractivity contribution is 0.0850. The number of methoxy groups -OCH3 is 1. The van der Waals surface area contributed by atoms with E-state index in [2.05, 4.69) is 5.16 Å². The summed E-state index contributed by atoms with van der Waals surface area (Å²) in [7, 11) is 3.36. The third-order valence-corrected chi connectivity index (χ3v) is 2.06. The van der Waals surface area contributed by atoms with Gasteiger partial charge in [0.05, 0.1) is 11.8 Å². The van der Waals surface area contributed by atoms with E-state index in [1.54, 1.807) is 14.2 Å². The first-order valence-electron chi connectivity index (χ1n) is 3.98. The van der Waals surface area contributed by atoms with Crippen molar-refractivity contribution in [2.24, 2.45) is 5.16 Å². The highest BCUT2D eigenvalue weighted by Crippen LogP contribution is 2.18. The highest BCUT2D eigenvalue weighted by molar-refractivity contribution is 5.84. The third kappa shape index (κ3) is 2.50. The first-order chi connectivity index (χ1) is 5.36. The molecule has 0 aromatic heterocycles. The highest BCUT2D eigenvalue weighted by atomic mass is 16.6. The van der Waals surface area contributed by atoms with Gasteiger partial charge in [-0.05, 0) is 25.7 Å². The number of rotatable bonds is 2. The fraction of sp³-hybridized carbons (Fsp3) is 0.875. The molecule has 64 valence electrons. The molecule has 0 bridgehead atoms. The average Bonchev–Trinajstić information content (AvgIpc) is 2.07. The van der Waals surface area contributed by atoms with Crippen molar-refractivity contribution in [3.8, 4) is 0 Å². The molecule has 0 amide bonds. The molecule has 11 heavy (non-hydrogen) atoms. The largest absolute Gasteiger partial charge is 0.399 e. The van der Waals surface area contributed by atoms with Crippen LogP contribution in [0.5, 0.6) is 0 Å². The Labute approximate surface area is 67.4 Å². The van der Waals surface area contributed by atoms with E-state index < -0.39 is 0 Å². The Morgan fingerprint density at radius 2 is 1.91 bits per heavy atom. The predicted octanol–water partition coefficient (Wildman–Crippen LogP) is 1.58. The van der Waals surface area contributed by atoms with Crippen LogP contribution in [0.1, 0.15) is 25.7 Å². The van der Waals surface area contributed by atoms with Gasteiger partial charge in [-0.2, -0.15) is 0 Å². The van der Waals surface area contributed by atoms with Gasteiger partial charge in [0, 0.05) is 7.11 Å². The summed E-state index contributed by atoms with van der Waals surface area (Å²) >= 11 is 0. The standard InChI is InChI=1S/C8H15NO2/c1-10-8-5-3-7(4-6-8)9-11-2/h8H,3-6H2,1-2H3. The summed E-state index contributed by atoms with van der Waals surface area (Å²) in [5.74, 6) is 0. The molecule has 1 saturated carbocycles. The van der Waals surface area contributed by atoms with Crippen LogP contribution in [0.4, 0.5) is 0 Å². The third-order valence-electron chi connectivity index (χ3n) is 2.06. The van der Waals surface area contributed by atoms with E-state index >= 15 is 0 Å². The van der Waals surface area contributed by atoms with Gasteiger partial charge in [-0.15, -0.1) is 0 Å². The summed E-state index contributed by atoms with van der Waals surface area (Å²) in [6.45, 7) is 0. The minimum atomic E-state index is 0.436. The SMILES string of the molecule is CON=C1CCC(OC)CC1. The lowest BCUT2D eigenvalue weighted by Gasteiger charge is -2.20. The van der Waals surface area contributed by atoms with Gasteiger partial charge in [0.15, 0.2) is 0 Å². The van der Waals surface area contributed by atoms with E-state index in [0.29, 0.717) is 6.10 Å². The Hall–Kier alpha value is -0.570. The summed E-state index contributed by atoms with van der Waals surface area (Å²) < 4.78 is 5.22. The van der Waals surface area contributed by atoms with Crippen molar-refractivity contribution in [1.82, 2.24) is 0 Å². The van der Waals surface area contributed by atoms with Crippen LogP contribution in [-0.4, -0.2) is 26.0 Å². The summed E-state index contributed by atoms with van der Waals surface area (Å²) in [5, 5.41) is 3.91. The lowest BCUT2D eigenvalue weighted by Crippen LogP contribution is -2.20.